The summed E-state index contributed by atoms with van der Waals surface area (Å²) >= 11 is 0. The Morgan fingerprint density at radius 2 is 2.31 bits per heavy atom. The summed E-state index contributed by atoms with van der Waals surface area (Å²) in [6, 6.07) is 1.67. The van der Waals surface area contributed by atoms with E-state index in [0.717, 1.165) is 13.0 Å². The fraction of sp³-hybridized carbons (Fsp3) is 0.571. The maximum atomic E-state index is 10.8. The maximum Gasteiger partial charge on any atom is 0.214 e. The molecule has 0 aliphatic rings. The van der Waals surface area contributed by atoms with Crippen molar-refractivity contribution in [2.75, 3.05) is 0 Å². The minimum atomic E-state index is -3.45. The first-order valence-corrected chi connectivity index (χ1v) is 5.75. The highest BCUT2D eigenvalue weighted by atomic mass is 32.2. The van der Waals surface area contributed by atoms with Crippen molar-refractivity contribution in [3.05, 3.63) is 18.0 Å². The van der Waals surface area contributed by atoms with Crippen LogP contribution in [0, 0.1) is 0 Å². The SMILES string of the molecule is CCCn1nccc1CS(N)(=O)=O. The Labute approximate surface area is 77.6 Å². The second-order valence-electron chi connectivity index (χ2n) is 2.85. The lowest BCUT2D eigenvalue weighted by Crippen LogP contribution is -2.17. The van der Waals surface area contributed by atoms with E-state index in [9.17, 15) is 8.42 Å². The van der Waals surface area contributed by atoms with Crippen molar-refractivity contribution in [2.24, 2.45) is 5.14 Å². The average molecular weight is 203 g/mol. The lowest BCUT2D eigenvalue weighted by molar-refractivity contribution is 0.570. The summed E-state index contributed by atoms with van der Waals surface area (Å²) in [5.41, 5.74) is 0.643. The molecule has 0 aliphatic heterocycles. The van der Waals surface area contributed by atoms with E-state index in [0.29, 0.717) is 5.69 Å². The minimum absolute atomic E-state index is 0.146. The van der Waals surface area contributed by atoms with Gasteiger partial charge in [-0.15, -0.1) is 0 Å². The van der Waals surface area contributed by atoms with Crippen molar-refractivity contribution in [1.29, 1.82) is 0 Å². The molecule has 0 saturated heterocycles. The van der Waals surface area contributed by atoms with Gasteiger partial charge in [-0.1, -0.05) is 6.92 Å². The topological polar surface area (TPSA) is 78.0 Å². The van der Waals surface area contributed by atoms with Gasteiger partial charge in [0.15, 0.2) is 0 Å². The summed E-state index contributed by atoms with van der Waals surface area (Å²) in [6.45, 7) is 2.72. The average Bonchev–Trinajstić information content (AvgIpc) is 2.34. The number of nitrogens with zero attached hydrogens (tertiary/aromatic N) is 2. The monoisotopic (exact) mass is 203 g/mol. The molecule has 5 nitrogen and oxygen atoms in total. The molecule has 0 spiro atoms. The first-order chi connectivity index (χ1) is 6.03. The van der Waals surface area contributed by atoms with Crippen LogP contribution in [0.3, 0.4) is 0 Å². The van der Waals surface area contributed by atoms with Crippen molar-refractivity contribution in [2.45, 2.75) is 25.6 Å². The standard InChI is InChI=1S/C7H13N3O2S/c1-2-5-10-7(3-4-9-10)6-13(8,11)12/h3-4H,2,5-6H2,1H3,(H2,8,11,12). The van der Waals surface area contributed by atoms with Crippen molar-refractivity contribution in [3.63, 3.8) is 0 Å². The first kappa shape index (κ1) is 10.2. The Kier molecular flexibility index (Phi) is 3.05. The van der Waals surface area contributed by atoms with Gasteiger partial charge < -0.3 is 0 Å². The van der Waals surface area contributed by atoms with Gasteiger partial charge in [-0.2, -0.15) is 5.10 Å². The normalized spacial score (nSPS) is 11.8. The van der Waals surface area contributed by atoms with Gasteiger partial charge in [0.1, 0.15) is 5.75 Å². The summed E-state index contributed by atoms with van der Waals surface area (Å²) in [4.78, 5) is 0. The van der Waals surface area contributed by atoms with Gasteiger partial charge >= 0.3 is 0 Å². The van der Waals surface area contributed by atoms with E-state index in [1.807, 2.05) is 6.92 Å². The van der Waals surface area contributed by atoms with E-state index in [-0.39, 0.29) is 5.75 Å². The van der Waals surface area contributed by atoms with Gasteiger partial charge in [-0.25, -0.2) is 13.6 Å². The lowest BCUT2D eigenvalue weighted by Gasteiger charge is -2.03. The van der Waals surface area contributed by atoms with Crippen molar-refractivity contribution >= 4 is 10.0 Å². The quantitative estimate of drug-likeness (QED) is 0.752. The molecule has 0 aromatic carbocycles. The number of aromatic nitrogens is 2. The van der Waals surface area contributed by atoms with Crippen LogP contribution >= 0.6 is 0 Å². The molecular weight excluding hydrogens is 190 g/mol. The highest BCUT2D eigenvalue weighted by Gasteiger charge is 2.09. The predicted octanol–water partition coefficient (Wildman–Crippen LogP) is 0.0816. The number of hydrogen-bond donors (Lipinski definition) is 1. The minimum Gasteiger partial charge on any atom is -0.269 e. The molecular formula is C7H13N3O2S. The van der Waals surface area contributed by atoms with E-state index in [4.69, 9.17) is 5.14 Å². The smallest absolute Gasteiger partial charge is 0.214 e. The fourth-order valence-electron chi connectivity index (χ4n) is 1.10. The van der Waals surface area contributed by atoms with Gasteiger partial charge in [0.05, 0.1) is 5.69 Å². The zero-order valence-corrected chi connectivity index (χ0v) is 8.29. The van der Waals surface area contributed by atoms with E-state index in [1.165, 1.54) is 0 Å². The van der Waals surface area contributed by atoms with Gasteiger partial charge in [0.25, 0.3) is 0 Å². The Balaban J connectivity index is 2.82. The van der Waals surface area contributed by atoms with Crippen LogP contribution in [0.15, 0.2) is 12.3 Å². The molecule has 0 radical (unpaired) electrons. The Morgan fingerprint density at radius 3 is 2.85 bits per heavy atom. The zero-order chi connectivity index (χ0) is 9.90. The van der Waals surface area contributed by atoms with Crippen LogP contribution in [0.4, 0.5) is 0 Å². The molecule has 0 amide bonds. The zero-order valence-electron chi connectivity index (χ0n) is 7.47. The summed E-state index contributed by atoms with van der Waals surface area (Å²) in [5, 5.41) is 8.91. The molecule has 0 unspecified atom stereocenters. The molecule has 1 rings (SSSR count). The number of aryl methyl sites for hydroxylation is 1. The fourth-order valence-corrected chi connectivity index (χ4v) is 1.76. The Bertz CT molecular complexity index is 369. The third-order valence-electron chi connectivity index (χ3n) is 1.59. The first-order valence-electron chi connectivity index (χ1n) is 4.04. The van der Waals surface area contributed by atoms with Crippen LogP contribution in [0.5, 0.6) is 0 Å². The van der Waals surface area contributed by atoms with E-state index >= 15 is 0 Å². The van der Waals surface area contributed by atoms with Crippen LogP contribution in [-0.4, -0.2) is 18.2 Å². The van der Waals surface area contributed by atoms with Crippen LogP contribution < -0.4 is 5.14 Å². The maximum absolute atomic E-state index is 10.8. The molecule has 1 heterocycles. The third-order valence-corrected chi connectivity index (χ3v) is 2.29. The summed E-state index contributed by atoms with van der Waals surface area (Å²) in [5.74, 6) is -0.146. The van der Waals surface area contributed by atoms with Crippen molar-refractivity contribution in [1.82, 2.24) is 9.78 Å². The lowest BCUT2D eigenvalue weighted by atomic mass is 10.4. The highest BCUT2D eigenvalue weighted by Crippen LogP contribution is 2.03. The second kappa shape index (κ2) is 3.89. The molecule has 6 heteroatoms. The molecule has 0 saturated carbocycles. The number of nitrogens with two attached hydrogens (primary N) is 1. The summed E-state index contributed by atoms with van der Waals surface area (Å²) < 4.78 is 23.2. The van der Waals surface area contributed by atoms with Gasteiger partial charge in [-0.05, 0) is 12.5 Å². The van der Waals surface area contributed by atoms with E-state index in [1.54, 1.807) is 16.9 Å². The van der Waals surface area contributed by atoms with Crippen LogP contribution in [-0.2, 0) is 22.3 Å². The molecule has 74 valence electrons. The molecule has 0 bridgehead atoms. The van der Waals surface area contributed by atoms with Gasteiger partial charge in [0.2, 0.25) is 10.0 Å². The summed E-state index contributed by atoms with van der Waals surface area (Å²) in [6.07, 6.45) is 2.50. The summed E-state index contributed by atoms with van der Waals surface area (Å²) in [7, 11) is -3.45. The predicted molar refractivity (Wildman–Crippen MR) is 49.3 cm³/mol. The second-order valence-corrected chi connectivity index (χ2v) is 4.47. The molecule has 0 aliphatic carbocycles. The molecule has 13 heavy (non-hydrogen) atoms. The van der Waals surface area contributed by atoms with Crippen molar-refractivity contribution in [3.8, 4) is 0 Å². The van der Waals surface area contributed by atoms with Crippen LogP contribution in [0.1, 0.15) is 19.0 Å². The molecule has 0 fully saturated rings. The van der Waals surface area contributed by atoms with Gasteiger partial charge in [0, 0.05) is 12.7 Å². The molecule has 0 atom stereocenters. The number of hydrogen-bond acceptors (Lipinski definition) is 3. The van der Waals surface area contributed by atoms with E-state index < -0.39 is 10.0 Å². The molecule has 2 N–H and O–H groups in total. The van der Waals surface area contributed by atoms with Gasteiger partial charge in [-0.3, -0.25) is 4.68 Å². The highest BCUT2D eigenvalue weighted by molar-refractivity contribution is 7.88. The van der Waals surface area contributed by atoms with Crippen molar-refractivity contribution < 1.29 is 8.42 Å². The van der Waals surface area contributed by atoms with E-state index in [2.05, 4.69) is 5.10 Å². The Hall–Kier alpha value is -0.880. The molecule has 1 aromatic rings. The number of primary sulfonamides is 1. The van der Waals surface area contributed by atoms with Crippen LogP contribution in [0.25, 0.3) is 0 Å². The Morgan fingerprint density at radius 1 is 1.62 bits per heavy atom. The number of sulfonamides is 1. The molecule has 1 aromatic heterocycles. The largest absolute Gasteiger partial charge is 0.269 e. The number of rotatable bonds is 4. The third kappa shape index (κ3) is 3.16. The van der Waals surface area contributed by atoms with Crippen LogP contribution in [0.2, 0.25) is 0 Å².